The van der Waals surface area contributed by atoms with E-state index in [0.29, 0.717) is 17.4 Å². The normalized spacial score (nSPS) is 20.3. The van der Waals surface area contributed by atoms with Crippen molar-refractivity contribution in [3.8, 4) is 5.75 Å². The van der Waals surface area contributed by atoms with Gasteiger partial charge in [0.2, 0.25) is 0 Å². The molecule has 6 heteroatoms. The summed E-state index contributed by atoms with van der Waals surface area (Å²) in [5.41, 5.74) is 5.66. The number of amides is 1. The second-order valence-electron chi connectivity index (χ2n) is 11.2. The number of methoxy groups -OCH3 is 1. The molecule has 3 aromatic rings. The third kappa shape index (κ3) is 5.83. The molecule has 0 N–H and O–H groups in total. The summed E-state index contributed by atoms with van der Waals surface area (Å²) in [7, 11) is 1.71. The van der Waals surface area contributed by atoms with E-state index in [4.69, 9.17) is 9.73 Å². The number of carbonyl (C=O) groups is 1. The highest BCUT2D eigenvalue weighted by molar-refractivity contribution is 8.18. The number of amidine groups is 1. The molecule has 3 aromatic carbocycles. The summed E-state index contributed by atoms with van der Waals surface area (Å²) >= 11 is 1.45. The Morgan fingerprint density at radius 1 is 1.07 bits per heavy atom. The molecule has 5 nitrogen and oxygen atoms in total. The minimum atomic E-state index is -0.00289. The molecule has 0 spiro atoms. The first-order chi connectivity index (χ1) is 19.3. The third-order valence-corrected chi connectivity index (χ3v) is 8.91. The molecule has 1 atom stereocenters. The van der Waals surface area contributed by atoms with E-state index in [-0.39, 0.29) is 11.4 Å². The number of nitrogens with zero attached hydrogens (tertiary/aromatic N) is 3. The number of para-hydroxylation sites is 1. The van der Waals surface area contributed by atoms with Crippen molar-refractivity contribution in [2.75, 3.05) is 25.1 Å². The summed E-state index contributed by atoms with van der Waals surface area (Å²) < 4.78 is 5.88. The van der Waals surface area contributed by atoms with Gasteiger partial charge in [-0.05, 0) is 93.1 Å². The number of aryl methyl sites for hydroxylation is 1. The van der Waals surface area contributed by atoms with Crippen LogP contribution in [0.15, 0.2) is 82.7 Å². The number of rotatable bonds is 8. The van der Waals surface area contributed by atoms with E-state index in [1.54, 1.807) is 7.11 Å². The van der Waals surface area contributed by atoms with Gasteiger partial charge in [-0.3, -0.25) is 9.69 Å². The number of hydrogen-bond donors (Lipinski definition) is 0. The van der Waals surface area contributed by atoms with Crippen molar-refractivity contribution in [1.29, 1.82) is 0 Å². The first-order valence-electron chi connectivity index (χ1n) is 14.2. The number of fused-ring (bicyclic) bond motifs is 1. The molecule has 1 unspecified atom stereocenters. The van der Waals surface area contributed by atoms with Crippen molar-refractivity contribution in [3.05, 3.63) is 94.4 Å². The van der Waals surface area contributed by atoms with Gasteiger partial charge in [0.05, 0.1) is 17.7 Å². The Hall–Kier alpha value is -3.51. The van der Waals surface area contributed by atoms with Crippen LogP contribution in [0.5, 0.6) is 5.75 Å². The van der Waals surface area contributed by atoms with Crippen LogP contribution in [0.4, 0.5) is 11.4 Å². The van der Waals surface area contributed by atoms with Crippen molar-refractivity contribution in [2.45, 2.75) is 58.4 Å². The van der Waals surface area contributed by atoms with Crippen molar-refractivity contribution >= 4 is 40.3 Å². The average Bonchev–Trinajstić information content (AvgIpc) is 3.23. The van der Waals surface area contributed by atoms with Crippen LogP contribution in [-0.4, -0.2) is 41.7 Å². The molecule has 2 heterocycles. The molecule has 2 aliphatic rings. The van der Waals surface area contributed by atoms with Crippen molar-refractivity contribution in [1.82, 2.24) is 4.90 Å². The summed E-state index contributed by atoms with van der Waals surface area (Å²) in [6.07, 6.45) is 4.84. The van der Waals surface area contributed by atoms with Gasteiger partial charge in [0.1, 0.15) is 5.75 Å². The second-order valence-corrected chi connectivity index (χ2v) is 12.2. The summed E-state index contributed by atoms with van der Waals surface area (Å²) in [5, 5.41) is 0.722. The molecule has 5 rings (SSSR count). The molecule has 0 aliphatic carbocycles. The highest BCUT2D eigenvalue weighted by Crippen LogP contribution is 2.46. The fourth-order valence-electron chi connectivity index (χ4n) is 6.04. The molecule has 208 valence electrons. The van der Waals surface area contributed by atoms with Crippen LogP contribution in [0.1, 0.15) is 63.1 Å². The van der Waals surface area contributed by atoms with Gasteiger partial charge >= 0.3 is 0 Å². The van der Waals surface area contributed by atoms with Gasteiger partial charge in [-0.15, -0.1) is 0 Å². The molecule has 1 saturated heterocycles. The molecule has 1 amide bonds. The predicted molar refractivity (Wildman–Crippen MR) is 169 cm³/mol. The molecule has 2 aliphatic heterocycles. The molecule has 0 saturated carbocycles. The van der Waals surface area contributed by atoms with Crippen LogP contribution in [0.25, 0.3) is 6.08 Å². The zero-order valence-electron chi connectivity index (χ0n) is 24.2. The van der Waals surface area contributed by atoms with Crippen LogP contribution in [-0.2, 0) is 11.2 Å². The van der Waals surface area contributed by atoms with Gasteiger partial charge in [-0.2, -0.15) is 0 Å². The van der Waals surface area contributed by atoms with Crippen molar-refractivity contribution in [2.24, 2.45) is 4.99 Å². The number of benzene rings is 3. The quantitative estimate of drug-likeness (QED) is 0.265. The summed E-state index contributed by atoms with van der Waals surface area (Å²) in [6.45, 7) is 10.7. The molecular weight excluding hydrogens is 514 g/mol. The zero-order valence-corrected chi connectivity index (χ0v) is 25.0. The van der Waals surface area contributed by atoms with Crippen LogP contribution < -0.4 is 9.64 Å². The Morgan fingerprint density at radius 3 is 2.45 bits per heavy atom. The lowest BCUT2D eigenvalue weighted by atomic mass is 9.79. The Labute approximate surface area is 242 Å². The number of ether oxygens (including phenoxy) is 1. The lowest BCUT2D eigenvalue weighted by Crippen LogP contribution is -2.48. The van der Waals surface area contributed by atoms with Crippen molar-refractivity contribution < 1.29 is 9.53 Å². The van der Waals surface area contributed by atoms with Crippen LogP contribution in [0, 0.1) is 0 Å². The van der Waals surface area contributed by atoms with Gasteiger partial charge in [0.15, 0.2) is 5.17 Å². The smallest absolute Gasteiger partial charge is 0.266 e. The first kappa shape index (κ1) is 28.0. The fourth-order valence-corrected chi connectivity index (χ4v) is 7.06. The second kappa shape index (κ2) is 11.9. The van der Waals surface area contributed by atoms with E-state index in [9.17, 15) is 4.79 Å². The number of anilines is 1. The van der Waals surface area contributed by atoms with E-state index >= 15 is 0 Å². The molecule has 40 heavy (non-hydrogen) atoms. The maximum atomic E-state index is 13.8. The average molecular weight is 554 g/mol. The summed E-state index contributed by atoms with van der Waals surface area (Å²) in [4.78, 5) is 23.6. The lowest BCUT2D eigenvalue weighted by Gasteiger charge is -2.47. The standard InChI is InChI=1S/C34H39N3O2S/c1-6-37-29-22-30(39-5)26(20-28(29)24(2)23-34(37,3)4)21-31-32(38)36(19-13-16-25-14-9-7-10-15-25)33(40-31)35-27-17-11-8-12-18-27/h7-12,14-15,17-18,20-22,24H,6,13,16,19,23H2,1-5H3/b31-21+,35-33?. The number of thioether (sulfide) groups is 1. The third-order valence-electron chi connectivity index (χ3n) is 7.90. The van der Waals surface area contributed by atoms with Crippen LogP contribution in [0.2, 0.25) is 0 Å². The highest BCUT2D eigenvalue weighted by Gasteiger charge is 2.37. The molecule has 0 bridgehead atoms. The molecular formula is C34H39N3O2S. The monoisotopic (exact) mass is 553 g/mol. The number of aliphatic imine (C=N–C) groups is 1. The van der Waals surface area contributed by atoms with Gasteiger partial charge in [-0.1, -0.05) is 55.5 Å². The molecule has 0 radical (unpaired) electrons. The summed E-state index contributed by atoms with van der Waals surface area (Å²) in [6, 6.07) is 24.6. The minimum absolute atomic E-state index is 0.00289. The van der Waals surface area contributed by atoms with Gasteiger partial charge in [0, 0.05) is 35.9 Å². The van der Waals surface area contributed by atoms with Gasteiger partial charge < -0.3 is 9.64 Å². The van der Waals surface area contributed by atoms with E-state index in [0.717, 1.165) is 48.0 Å². The summed E-state index contributed by atoms with van der Waals surface area (Å²) in [5.74, 6) is 1.19. The van der Waals surface area contributed by atoms with Gasteiger partial charge in [0.25, 0.3) is 5.91 Å². The largest absolute Gasteiger partial charge is 0.496 e. The predicted octanol–water partition coefficient (Wildman–Crippen LogP) is 8.04. The Balaban J connectivity index is 1.48. The SMILES string of the molecule is CCN1c2cc(OC)c(/C=C3/SC(=Nc4ccccc4)N(CCCc4ccccc4)C3=O)cc2C(C)CC1(C)C. The lowest BCUT2D eigenvalue weighted by molar-refractivity contribution is -0.122. The van der Waals surface area contributed by atoms with Crippen LogP contribution in [0.3, 0.4) is 0 Å². The van der Waals surface area contributed by atoms with E-state index in [1.807, 2.05) is 47.4 Å². The molecule has 0 aromatic heterocycles. The zero-order chi connectivity index (χ0) is 28.3. The van der Waals surface area contributed by atoms with E-state index in [1.165, 1.54) is 28.6 Å². The van der Waals surface area contributed by atoms with Crippen molar-refractivity contribution in [3.63, 3.8) is 0 Å². The Bertz CT molecular complexity index is 1420. The maximum Gasteiger partial charge on any atom is 0.266 e. The fraction of sp³-hybridized carbons (Fsp3) is 0.353. The maximum absolute atomic E-state index is 13.8. The number of carbonyl (C=O) groups excluding carboxylic acids is 1. The molecule has 1 fully saturated rings. The van der Waals surface area contributed by atoms with E-state index < -0.39 is 0 Å². The highest BCUT2D eigenvalue weighted by atomic mass is 32.2. The minimum Gasteiger partial charge on any atom is -0.496 e. The number of hydrogen-bond acceptors (Lipinski definition) is 5. The van der Waals surface area contributed by atoms with Gasteiger partial charge in [-0.25, -0.2) is 4.99 Å². The Kier molecular flexibility index (Phi) is 8.36. The van der Waals surface area contributed by atoms with E-state index in [2.05, 4.69) is 69.0 Å². The van der Waals surface area contributed by atoms with Crippen LogP contribution >= 0.6 is 11.8 Å². The topological polar surface area (TPSA) is 45.1 Å². The Morgan fingerprint density at radius 2 is 1.77 bits per heavy atom. The first-order valence-corrected chi connectivity index (χ1v) is 15.0.